The molecule has 130 valence electrons. The number of hydrogen-bond acceptors (Lipinski definition) is 6. The Hall–Kier alpha value is -2.61. The lowest BCUT2D eigenvalue weighted by atomic mass is 10.2. The molecule has 2 rings (SSSR count). The fraction of sp³-hybridized carbons (Fsp3) is 0.438. The Bertz CT molecular complexity index is 625. The van der Waals surface area contributed by atoms with Gasteiger partial charge in [0.25, 0.3) is 5.91 Å². The molecule has 0 unspecified atom stereocenters. The van der Waals surface area contributed by atoms with Crippen LogP contribution in [0.25, 0.3) is 0 Å². The summed E-state index contributed by atoms with van der Waals surface area (Å²) >= 11 is 0. The highest BCUT2D eigenvalue weighted by Crippen LogP contribution is 2.27. The molecule has 2 N–H and O–H groups in total. The summed E-state index contributed by atoms with van der Waals surface area (Å²) in [5.41, 5.74) is 0.872. The standard InChI is InChI=1S/C16H20N2O6/c1-10(19)17-11-5-6-13(22-2)12(8-11)18-15(20)9-24-16(21)14-4-3-7-23-14/h5-6,8,14H,3-4,7,9H2,1-2H3,(H,17,19)(H,18,20)/t14-/m1/s1. The number of benzene rings is 1. The Morgan fingerprint density at radius 3 is 2.71 bits per heavy atom. The quantitative estimate of drug-likeness (QED) is 0.759. The number of rotatable bonds is 6. The van der Waals surface area contributed by atoms with E-state index < -0.39 is 24.6 Å². The van der Waals surface area contributed by atoms with Crippen LogP contribution in [0.4, 0.5) is 11.4 Å². The van der Waals surface area contributed by atoms with Crippen molar-refractivity contribution in [3.05, 3.63) is 18.2 Å². The second kappa shape index (κ2) is 8.30. The van der Waals surface area contributed by atoms with E-state index in [9.17, 15) is 14.4 Å². The van der Waals surface area contributed by atoms with Gasteiger partial charge in [0.05, 0.1) is 12.8 Å². The molecule has 0 aromatic heterocycles. The molecule has 1 heterocycles. The minimum Gasteiger partial charge on any atom is -0.495 e. The van der Waals surface area contributed by atoms with Crippen LogP contribution in [0.1, 0.15) is 19.8 Å². The zero-order valence-electron chi connectivity index (χ0n) is 13.6. The van der Waals surface area contributed by atoms with Gasteiger partial charge < -0.3 is 24.8 Å². The van der Waals surface area contributed by atoms with Gasteiger partial charge in [0.2, 0.25) is 5.91 Å². The van der Waals surface area contributed by atoms with E-state index >= 15 is 0 Å². The van der Waals surface area contributed by atoms with Crippen LogP contribution >= 0.6 is 0 Å². The zero-order valence-corrected chi connectivity index (χ0v) is 13.6. The topological polar surface area (TPSA) is 103 Å². The van der Waals surface area contributed by atoms with Crippen LogP contribution in [0.2, 0.25) is 0 Å². The van der Waals surface area contributed by atoms with Crippen LogP contribution in [0.5, 0.6) is 5.75 Å². The molecule has 1 atom stereocenters. The average Bonchev–Trinajstić information content (AvgIpc) is 3.07. The molecule has 0 saturated carbocycles. The molecule has 1 aromatic rings. The number of ether oxygens (including phenoxy) is 3. The molecule has 1 saturated heterocycles. The van der Waals surface area contributed by atoms with Gasteiger partial charge in [-0.3, -0.25) is 9.59 Å². The summed E-state index contributed by atoms with van der Waals surface area (Å²) in [6.45, 7) is 1.48. The van der Waals surface area contributed by atoms with Crippen LogP contribution in [-0.2, 0) is 23.9 Å². The van der Waals surface area contributed by atoms with E-state index in [0.29, 0.717) is 30.2 Å². The largest absolute Gasteiger partial charge is 0.495 e. The normalized spacial score (nSPS) is 16.3. The molecule has 0 radical (unpaired) electrons. The molecular formula is C16H20N2O6. The highest BCUT2D eigenvalue weighted by Gasteiger charge is 2.25. The van der Waals surface area contributed by atoms with Crippen molar-refractivity contribution in [2.45, 2.75) is 25.9 Å². The van der Waals surface area contributed by atoms with Crippen molar-refractivity contribution in [3.63, 3.8) is 0 Å². The van der Waals surface area contributed by atoms with Crippen molar-refractivity contribution in [2.75, 3.05) is 31.0 Å². The molecule has 1 aromatic carbocycles. The monoisotopic (exact) mass is 336 g/mol. The molecule has 1 fully saturated rings. The van der Waals surface area contributed by atoms with Crippen molar-refractivity contribution >= 4 is 29.2 Å². The smallest absolute Gasteiger partial charge is 0.335 e. The van der Waals surface area contributed by atoms with Crippen molar-refractivity contribution in [1.82, 2.24) is 0 Å². The lowest BCUT2D eigenvalue weighted by Gasteiger charge is -2.13. The van der Waals surface area contributed by atoms with Gasteiger partial charge >= 0.3 is 5.97 Å². The van der Waals surface area contributed by atoms with E-state index in [4.69, 9.17) is 14.2 Å². The van der Waals surface area contributed by atoms with Crippen molar-refractivity contribution in [3.8, 4) is 5.75 Å². The van der Waals surface area contributed by atoms with Gasteiger partial charge in [-0.1, -0.05) is 0 Å². The summed E-state index contributed by atoms with van der Waals surface area (Å²) in [5, 5.41) is 5.20. The van der Waals surface area contributed by atoms with E-state index in [0.717, 1.165) is 6.42 Å². The summed E-state index contributed by atoms with van der Waals surface area (Å²) in [6.07, 6.45) is 0.821. The predicted octanol–water partition coefficient (Wildman–Crippen LogP) is 1.31. The van der Waals surface area contributed by atoms with Crippen LogP contribution in [0, 0.1) is 0 Å². The molecule has 0 bridgehead atoms. The number of esters is 1. The Morgan fingerprint density at radius 1 is 1.29 bits per heavy atom. The zero-order chi connectivity index (χ0) is 17.5. The first-order chi connectivity index (χ1) is 11.5. The van der Waals surface area contributed by atoms with Gasteiger partial charge in [0.15, 0.2) is 12.7 Å². The molecular weight excluding hydrogens is 316 g/mol. The Kier molecular flexibility index (Phi) is 6.14. The Labute approximate surface area is 139 Å². The summed E-state index contributed by atoms with van der Waals surface area (Å²) < 4.78 is 15.3. The third-order valence-corrected chi connectivity index (χ3v) is 3.33. The second-order valence-corrected chi connectivity index (χ2v) is 5.25. The first-order valence-corrected chi connectivity index (χ1v) is 7.53. The number of anilines is 2. The first-order valence-electron chi connectivity index (χ1n) is 7.53. The maximum atomic E-state index is 12.0. The SMILES string of the molecule is COc1ccc(NC(C)=O)cc1NC(=O)COC(=O)[C@H]1CCCO1. The van der Waals surface area contributed by atoms with E-state index in [1.165, 1.54) is 14.0 Å². The number of carbonyl (C=O) groups excluding carboxylic acids is 3. The van der Waals surface area contributed by atoms with E-state index in [-0.39, 0.29) is 5.91 Å². The summed E-state index contributed by atoms with van der Waals surface area (Å²) in [7, 11) is 1.46. The fourth-order valence-corrected chi connectivity index (χ4v) is 2.27. The highest BCUT2D eigenvalue weighted by molar-refractivity contribution is 5.96. The van der Waals surface area contributed by atoms with E-state index in [2.05, 4.69) is 10.6 Å². The predicted molar refractivity (Wildman–Crippen MR) is 85.9 cm³/mol. The highest BCUT2D eigenvalue weighted by atomic mass is 16.6. The molecule has 1 aliphatic heterocycles. The Morgan fingerprint density at radius 2 is 2.08 bits per heavy atom. The van der Waals surface area contributed by atoms with Crippen molar-refractivity contribution in [2.24, 2.45) is 0 Å². The minimum absolute atomic E-state index is 0.233. The third kappa shape index (κ3) is 4.95. The van der Waals surface area contributed by atoms with Crippen molar-refractivity contribution < 1.29 is 28.6 Å². The molecule has 8 heteroatoms. The minimum atomic E-state index is -0.588. The van der Waals surface area contributed by atoms with Crippen LogP contribution in [-0.4, -0.2) is 44.2 Å². The van der Waals surface area contributed by atoms with Gasteiger partial charge in [0.1, 0.15) is 5.75 Å². The lowest BCUT2D eigenvalue weighted by Crippen LogP contribution is -2.27. The molecule has 0 spiro atoms. The van der Waals surface area contributed by atoms with Crippen LogP contribution in [0.3, 0.4) is 0 Å². The molecule has 1 aliphatic rings. The van der Waals surface area contributed by atoms with Crippen LogP contribution in [0.15, 0.2) is 18.2 Å². The van der Waals surface area contributed by atoms with Crippen molar-refractivity contribution in [1.29, 1.82) is 0 Å². The average molecular weight is 336 g/mol. The lowest BCUT2D eigenvalue weighted by molar-refractivity contribution is -0.156. The molecule has 8 nitrogen and oxygen atoms in total. The fourth-order valence-electron chi connectivity index (χ4n) is 2.27. The number of carbonyl (C=O) groups is 3. The van der Waals surface area contributed by atoms with Crippen LogP contribution < -0.4 is 15.4 Å². The molecule has 2 amide bonds. The summed E-state index contributed by atoms with van der Waals surface area (Å²) in [6, 6.07) is 4.81. The maximum Gasteiger partial charge on any atom is 0.335 e. The van der Waals surface area contributed by atoms with Gasteiger partial charge in [-0.05, 0) is 31.0 Å². The molecule has 0 aliphatic carbocycles. The van der Waals surface area contributed by atoms with Gasteiger partial charge in [0, 0.05) is 19.2 Å². The maximum absolute atomic E-state index is 12.0. The van der Waals surface area contributed by atoms with E-state index in [1.54, 1.807) is 18.2 Å². The van der Waals surface area contributed by atoms with E-state index in [1.807, 2.05) is 0 Å². The summed E-state index contributed by atoms with van der Waals surface area (Å²) in [4.78, 5) is 34.8. The van der Waals surface area contributed by atoms with Gasteiger partial charge in [-0.15, -0.1) is 0 Å². The number of amides is 2. The Balaban J connectivity index is 1.94. The number of nitrogens with one attached hydrogen (secondary N) is 2. The third-order valence-electron chi connectivity index (χ3n) is 3.33. The van der Waals surface area contributed by atoms with Gasteiger partial charge in [-0.2, -0.15) is 0 Å². The van der Waals surface area contributed by atoms with Gasteiger partial charge in [-0.25, -0.2) is 4.79 Å². The molecule has 24 heavy (non-hydrogen) atoms. The first kappa shape index (κ1) is 17.7. The number of methoxy groups -OCH3 is 1. The summed E-state index contributed by atoms with van der Waals surface area (Å²) in [5.74, 6) is -0.868. The number of hydrogen-bond donors (Lipinski definition) is 2. The second-order valence-electron chi connectivity index (χ2n) is 5.25.